The van der Waals surface area contributed by atoms with E-state index in [0.29, 0.717) is 31.2 Å². The molecule has 4 bridgehead atoms. The molecule has 3 N–H and O–H groups in total. The average molecular weight is 957 g/mol. The monoisotopic (exact) mass is 957 g/mol. The van der Waals surface area contributed by atoms with Crippen LogP contribution < -0.4 is 9.80 Å². The normalized spacial score (nSPS) is 48.9. The molecule has 18 atom stereocenters. The number of aliphatic hydroxyl groups excluding tert-OH is 3. The van der Waals surface area contributed by atoms with Crippen LogP contribution in [0.1, 0.15) is 123 Å². The average Bonchev–Trinajstić information content (AvgIpc) is 4.16. The Morgan fingerprint density at radius 1 is 0.817 bits per heavy atom. The molecule has 0 radical (unpaired) electrons. The first-order valence-corrected chi connectivity index (χ1v) is 28.3. The van der Waals surface area contributed by atoms with Crippen LogP contribution in [0.15, 0.2) is 107 Å². The lowest BCUT2D eigenvalue weighted by molar-refractivity contribution is -0.207. The summed E-state index contributed by atoms with van der Waals surface area (Å²) in [7, 11) is 0. The number of rotatable bonds is 5. The van der Waals surface area contributed by atoms with Gasteiger partial charge in [0.2, 0.25) is 0 Å². The number of hydrogen-bond donors (Lipinski definition) is 3. The largest absolute Gasteiger partial charge is 0.443 e. The zero-order valence-corrected chi connectivity index (χ0v) is 42.8. The number of ether oxygens (including phenoxy) is 1. The Labute approximate surface area is 421 Å². The van der Waals surface area contributed by atoms with Gasteiger partial charge in [0.1, 0.15) is 0 Å². The van der Waals surface area contributed by atoms with Gasteiger partial charge in [-0.2, -0.15) is 0 Å². The maximum absolute atomic E-state index is 15.2. The Bertz CT molecular complexity index is 2810. The number of piperidine rings is 2. The smallest absolute Gasteiger partial charge is 0.307 e. The SMILES string of the molecule is C/C=C1\CN2CCC34c5ccccc5N5/C=C6/C7CC8(OC(=O)CCC(C)C9CCC%10C%11C(O)CC%12=CC(O)CCC%12(C)C%11CC(O)C9%10C)N(CCC89c8ccccc8N(/C=C(/C1CC23)C54)C69)C/C7=C\C. The zero-order valence-electron chi connectivity index (χ0n) is 42.8. The van der Waals surface area contributed by atoms with Gasteiger partial charge in [-0.15, -0.1) is 0 Å². The van der Waals surface area contributed by atoms with Crippen LogP contribution in [0.5, 0.6) is 0 Å². The Balaban J connectivity index is 0.781. The number of benzene rings is 2. The van der Waals surface area contributed by atoms with E-state index < -0.39 is 29.5 Å². The van der Waals surface area contributed by atoms with Crippen molar-refractivity contribution in [3.63, 3.8) is 0 Å². The van der Waals surface area contributed by atoms with Crippen molar-refractivity contribution in [2.45, 2.75) is 165 Å². The molecule has 15 rings (SSSR count). The van der Waals surface area contributed by atoms with Gasteiger partial charge in [-0.05, 0) is 159 Å². The van der Waals surface area contributed by atoms with Crippen molar-refractivity contribution in [1.82, 2.24) is 9.80 Å². The third kappa shape index (κ3) is 5.25. The molecule has 0 aromatic heterocycles. The van der Waals surface area contributed by atoms with E-state index in [1.807, 2.05) is 6.08 Å². The van der Waals surface area contributed by atoms with Crippen molar-refractivity contribution in [3.8, 4) is 0 Å². The number of anilines is 2. The molecule has 18 unspecified atom stereocenters. The van der Waals surface area contributed by atoms with Crippen LogP contribution in [-0.2, 0) is 20.4 Å². The van der Waals surface area contributed by atoms with Crippen molar-refractivity contribution in [2.24, 2.45) is 52.3 Å². The van der Waals surface area contributed by atoms with Crippen LogP contribution in [0.25, 0.3) is 0 Å². The predicted octanol–water partition coefficient (Wildman–Crippen LogP) is 9.30. The molecule has 2 aromatic rings. The van der Waals surface area contributed by atoms with E-state index >= 15 is 4.79 Å². The maximum atomic E-state index is 15.2. The summed E-state index contributed by atoms with van der Waals surface area (Å²) in [5, 5.41) is 34.9. The number of nitrogens with zero attached hydrogens (tertiary/aromatic N) is 4. The molecule has 9 nitrogen and oxygen atoms in total. The van der Waals surface area contributed by atoms with Crippen molar-refractivity contribution in [1.29, 1.82) is 0 Å². The van der Waals surface area contributed by atoms with Gasteiger partial charge in [-0.1, -0.05) is 92.1 Å². The van der Waals surface area contributed by atoms with E-state index in [4.69, 9.17) is 4.74 Å². The molecule has 2 spiro atoms. The Kier molecular flexibility index (Phi) is 9.31. The van der Waals surface area contributed by atoms with Crippen LogP contribution in [0.3, 0.4) is 0 Å². The minimum Gasteiger partial charge on any atom is -0.443 e. The van der Waals surface area contributed by atoms with Crippen LogP contribution in [0.4, 0.5) is 11.4 Å². The number of carbonyl (C=O) groups is 1. The molecule has 374 valence electrons. The van der Waals surface area contributed by atoms with Gasteiger partial charge >= 0.3 is 5.97 Å². The molecule has 13 aliphatic rings. The third-order valence-electron chi connectivity index (χ3n) is 24.1. The molecule has 9 fully saturated rings. The second-order valence-electron chi connectivity index (χ2n) is 26.0. The first-order valence-electron chi connectivity index (χ1n) is 28.3. The third-order valence-corrected chi connectivity index (χ3v) is 24.1. The maximum Gasteiger partial charge on any atom is 0.307 e. The summed E-state index contributed by atoms with van der Waals surface area (Å²) in [4.78, 5) is 26.1. The van der Waals surface area contributed by atoms with E-state index in [9.17, 15) is 15.3 Å². The van der Waals surface area contributed by atoms with E-state index in [1.165, 1.54) is 45.6 Å². The molecule has 0 amide bonds. The van der Waals surface area contributed by atoms with Crippen LogP contribution in [0.2, 0.25) is 0 Å². The molecule has 71 heavy (non-hydrogen) atoms. The zero-order chi connectivity index (χ0) is 48.3. The Morgan fingerprint density at radius 3 is 2.32 bits per heavy atom. The highest BCUT2D eigenvalue weighted by Gasteiger charge is 2.77. The summed E-state index contributed by atoms with van der Waals surface area (Å²) in [5.41, 5.74) is 11.2. The number of allylic oxidation sites excluding steroid dienone is 2. The quantitative estimate of drug-likeness (QED) is 0.200. The van der Waals surface area contributed by atoms with Gasteiger partial charge in [0.25, 0.3) is 0 Å². The Hall–Kier alpha value is -3.99. The highest BCUT2D eigenvalue weighted by Crippen LogP contribution is 2.72. The highest BCUT2D eigenvalue weighted by molar-refractivity contribution is 5.79. The fourth-order valence-electron chi connectivity index (χ4n) is 21.1. The summed E-state index contributed by atoms with van der Waals surface area (Å²) in [6.45, 7) is 15.4. The van der Waals surface area contributed by atoms with Crippen molar-refractivity contribution >= 4 is 17.3 Å². The lowest BCUT2D eigenvalue weighted by atomic mass is 9.45. The van der Waals surface area contributed by atoms with E-state index in [1.54, 1.807) is 11.1 Å². The molecule has 2 aromatic carbocycles. The van der Waals surface area contributed by atoms with Gasteiger partial charge in [0.05, 0.1) is 35.8 Å². The predicted molar refractivity (Wildman–Crippen MR) is 276 cm³/mol. The number of carbonyl (C=O) groups excluding carboxylic acids is 1. The van der Waals surface area contributed by atoms with Gasteiger partial charge in [0.15, 0.2) is 5.72 Å². The molecule has 9 heteroatoms. The number of para-hydroxylation sites is 2. The lowest BCUT2D eigenvalue weighted by Gasteiger charge is -2.61. The van der Waals surface area contributed by atoms with Crippen LogP contribution >= 0.6 is 0 Å². The summed E-state index contributed by atoms with van der Waals surface area (Å²) < 4.78 is 7.46. The van der Waals surface area contributed by atoms with Gasteiger partial charge in [0, 0.05) is 79.5 Å². The van der Waals surface area contributed by atoms with Gasteiger partial charge in [-0.3, -0.25) is 14.6 Å². The highest BCUT2D eigenvalue weighted by atomic mass is 16.6. The second-order valence-corrected chi connectivity index (χ2v) is 26.0. The molecular weight excluding hydrogens is 881 g/mol. The minimum absolute atomic E-state index is 0.00661. The standard InChI is InChI=1S/C62H76N4O5/c1-6-36-31-63-24-22-60-45-12-8-10-14-49(45)65-34-43-41-30-62(61(23-25-64(62)32-37(41)7-2)46-13-9-11-15-50(46)66(57(43)61)33-42(56(60)65)40(36)28-52(60)63)71-54(70)19-16-35(3)44-17-18-47-55-48(29-53(69)59(44,47)5)58(4)21-20-39(67)26-38(58)27-51(55)68/h6-15,26,33-35,39-41,44,47-48,51-53,55-57,67-69H,16-25,27-32H2,1-5H3/b36-6+,37-7+,42-33-,43-34-. The van der Waals surface area contributed by atoms with Gasteiger partial charge < -0.3 is 29.9 Å². The molecular formula is C62H76N4O5. The number of aliphatic hydroxyl groups is 3. The van der Waals surface area contributed by atoms with E-state index in [2.05, 4.69) is 127 Å². The van der Waals surface area contributed by atoms with Crippen molar-refractivity contribution < 1.29 is 24.9 Å². The number of hydrogen-bond acceptors (Lipinski definition) is 9. The van der Waals surface area contributed by atoms with E-state index in [0.717, 1.165) is 77.5 Å². The molecule has 6 aliphatic carbocycles. The van der Waals surface area contributed by atoms with Crippen LogP contribution in [0, 0.1) is 52.3 Å². The second kappa shape index (κ2) is 14.9. The van der Waals surface area contributed by atoms with Gasteiger partial charge in [-0.25, -0.2) is 0 Å². The summed E-state index contributed by atoms with van der Waals surface area (Å²) in [6.07, 6.45) is 20.9. The molecule has 5 saturated carbocycles. The first kappa shape index (κ1) is 44.5. The first-order chi connectivity index (χ1) is 34.3. The molecule has 7 aliphatic heterocycles. The topological polar surface area (TPSA) is 100.0 Å². The van der Waals surface area contributed by atoms with Crippen LogP contribution in [-0.4, -0.2) is 99.4 Å². The van der Waals surface area contributed by atoms with Crippen molar-refractivity contribution in [3.05, 3.63) is 118 Å². The number of fused-ring (bicyclic) bond motifs is 13. The molecule has 4 saturated heterocycles. The minimum atomic E-state index is -0.795. The Morgan fingerprint density at radius 2 is 1.54 bits per heavy atom. The summed E-state index contributed by atoms with van der Waals surface area (Å²) in [5.74, 6) is 1.47. The number of esters is 1. The molecule has 7 heterocycles. The lowest BCUT2D eigenvalue weighted by Crippen LogP contribution is -2.71. The van der Waals surface area contributed by atoms with E-state index in [-0.39, 0.29) is 69.8 Å². The summed E-state index contributed by atoms with van der Waals surface area (Å²) in [6, 6.07) is 19.4. The fourth-order valence-corrected chi connectivity index (χ4v) is 21.1. The van der Waals surface area contributed by atoms with Crippen molar-refractivity contribution in [2.75, 3.05) is 36.0 Å². The fraction of sp³-hybridized carbons (Fsp3) is 0.629. The summed E-state index contributed by atoms with van der Waals surface area (Å²) >= 11 is 0.